The average Bonchev–Trinajstić information content (AvgIpc) is 3.33. The first-order chi connectivity index (χ1) is 18.3. The summed E-state index contributed by atoms with van der Waals surface area (Å²) >= 11 is 6.15. The van der Waals surface area contributed by atoms with Gasteiger partial charge in [0.1, 0.15) is 11.9 Å². The molecule has 0 unspecified atom stereocenters. The van der Waals surface area contributed by atoms with Gasteiger partial charge in [-0.15, -0.1) is 0 Å². The molecule has 0 aliphatic carbocycles. The number of rotatable bonds is 10. The number of alkyl carbamates (subject to hydrolysis) is 1. The number of oxazole rings is 1. The Labute approximate surface area is 229 Å². The Bertz CT molecular complexity index is 1380. The van der Waals surface area contributed by atoms with E-state index in [2.05, 4.69) is 15.6 Å². The second-order valence-electron chi connectivity index (χ2n) is 9.93. The first-order valence-electron chi connectivity index (χ1n) is 12.2. The summed E-state index contributed by atoms with van der Waals surface area (Å²) in [5, 5.41) is 5.96. The summed E-state index contributed by atoms with van der Waals surface area (Å²) in [4.78, 5) is 41.6. The number of hydrogen-bond donors (Lipinski definition) is 2. The maximum absolute atomic E-state index is 13.0. The van der Waals surface area contributed by atoms with E-state index < -0.39 is 24.0 Å². The number of nitrogens with one attached hydrogen (secondary N) is 2. The Morgan fingerprint density at radius 3 is 2.54 bits per heavy atom. The maximum atomic E-state index is 13.0. The smallest absolute Gasteiger partial charge is 0.407 e. The third-order valence-electron chi connectivity index (χ3n) is 5.67. The number of aromatic nitrogens is 2. The van der Waals surface area contributed by atoms with E-state index in [-0.39, 0.29) is 43.9 Å². The van der Waals surface area contributed by atoms with E-state index in [4.69, 9.17) is 20.8 Å². The molecule has 0 aliphatic heterocycles. The van der Waals surface area contributed by atoms with Gasteiger partial charge >= 0.3 is 12.5 Å². The maximum Gasteiger partial charge on any atom is 0.407 e. The Morgan fingerprint density at radius 1 is 1.15 bits per heavy atom. The number of ether oxygens (including phenoxy) is 1. The molecule has 3 aromatic rings. The highest BCUT2D eigenvalue weighted by Crippen LogP contribution is 2.18. The lowest BCUT2D eigenvalue weighted by molar-refractivity contribution is -0.120. The molecule has 2 heterocycles. The molecule has 0 radical (unpaired) electrons. The predicted octanol–water partition coefficient (Wildman–Crippen LogP) is 4.86. The quantitative estimate of drug-likeness (QED) is 0.363. The van der Waals surface area contributed by atoms with Crippen LogP contribution in [0, 0.1) is 6.92 Å². The van der Waals surface area contributed by atoms with Crippen LogP contribution in [-0.4, -0.2) is 27.2 Å². The molecule has 0 fully saturated rings. The average molecular weight is 565 g/mol. The summed E-state index contributed by atoms with van der Waals surface area (Å²) < 4.78 is 36.8. The van der Waals surface area contributed by atoms with Gasteiger partial charge in [-0.25, -0.2) is 9.78 Å². The van der Waals surface area contributed by atoms with Crippen molar-refractivity contribution < 1.29 is 27.5 Å². The third kappa shape index (κ3) is 8.91. The van der Waals surface area contributed by atoms with E-state index in [1.165, 1.54) is 4.57 Å². The molecule has 2 aromatic heterocycles. The van der Waals surface area contributed by atoms with Crippen molar-refractivity contribution in [2.24, 2.45) is 0 Å². The summed E-state index contributed by atoms with van der Waals surface area (Å²) in [5.74, 6) is -1.04. The van der Waals surface area contributed by atoms with Crippen molar-refractivity contribution >= 4 is 23.6 Å². The second kappa shape index (κ2) is 12.9. The van der Waals surface area contributed by atoms with Crippen LogP contribution in [0.2, 0.25) is 5.02 Å². The molecule has 1 aromatic carbocycles. The highest BCUT2D eigenvalue weighted by atomic mass is 35.5. The number of amides is 2. The Hall–Kier alpha value is -3.73. The van der Waals surface area contributed by atoms with Crippen LogP contribution in [0.5, 0.6) is 0 Å². The number of carbonyl (C=O) groups excluding carboxylic acids is 2. The highest BCUT2D eigenvalue weighted by Gasteiger charge is 2.18. The van der Waals surface area contributed by atoms with E-state index in [1.807, 2.05) is 0 Å². The minimum atomic E-state index is -2.81. The van der Waals surface area contributed by atoms with E-state index in [9.17, 15) is 23.2 Å². The number of pyridine rings is 1. The van der Waals surface area contributed by atoms with Crippen molar-refractivity contribution in [3.8, 4) is 0 Å². The molecule has 0 atom stereocenters. The van der Waals surface area contributed by atoms with Crippen molar-refractivity contribution in [2.45, 2.75) is 72.2 Å². The Kier molecular flexibility index (Phi) is 9.85. The summed E-state index contributed by atoms with van der Waals surface area (Å²) in [6.45, 7) is 7.51. The zero-order valence-electron chi connectivity index (χ0n) is 22.1. The van der Waals surface area contributed by atoms with Crippen molar-refractivity contribution in [1.82, 2.24) is 20.2 Å². The number of aryl methyl sites for hydroxylation is 3. The standard InChI is InChI=1S/C27H31ClF2N4O5/c1-16-7-9-34(10-8-20-15-38-24(33-20)23(29)30)25(36)21(16)12-22(35)31-14-18-11-19(28)6-5-17(18)13-32-26(37)39-27(2,3)4/h5-7,9,11,15,23H,8,10,12-14H2,1-4H3,(H,31,35)(H,32,37). The van der Waals surface area contributed by atoms with Crippen LogP contribution in [0.3, 0.4) is 0 Å². The largest absolute Gasteiger partial charge is 0.444 e. The van der Waals surface area contributed by atoms with Gasteiger partial charge in [-0.3, -0.25) is 9.59 Å². The molecular weight excluding hydrogens is 534 g/mol. The van der Waals surface area contributed by atoms with Gasteiger partial charge in [-0.1, -0.05) is 17.7 Å². The molecule has 0 saturated heterocycles. The lowest BCUT2D eigenvalue weighted by Gasteiger charge is -2.20. The van der Waals surface area contributed by atoms with Gasteiger partial charge in [0.25, 0.3) is 11.4 Å². The van der Waals surface area contributed by atoms with Gasteiger partial charge in [-0.05, 0) is 62.6 Å². The zero-order chi connectivity index (χ0) is 28.7. The first-order valence-corrected chi connectivity index (χ1v) is 12.6. The molecule has 210 valence electrons. The number of hydrogen-bond acceptors (Lipinski definition) is 6. The molecule has 9 nitrogen and oxygen atoms in total. The minimum absolute atomic E-state index is 0.128. The third-order valence-corrected chi connectivity index (χ3v) is 5.90. The molecule has 0 spiro atoms. The highest BCUT2D eigenvalue weighted by molar-refractivity contribution is 6.30. The summed E-state index contributed by atoms with van der Waals surface area (Å²) in [7, 11) is 0. The van der Waals surface area contributed by atoms with E-state index in [0.29, 0.717) is 27.4 Å². The molecule has 12 heteroatoms. The first kappa shape index (κ1) is 29.8. The topological polar surface area (TPSA) is 115 Å². The summed E-state index contributed by atoms with van der Waals surface area (Å²) in [6, 6.07) is 6.84. The van der Waals surface area contributed by atoms with E-state index in [1.54, 1.807) is 58.2 Å². The Morgan fingerprint density at radius 2 is 1.87 bits per heavy atom. The van der Waals surface area contributed by atoms with Crippen LogP contribution in [0.1, 0.15) is 61.0 Å². The van der Waals surface area contributed by atoms with Crippen LogP contribution >= 0.6 is 11.6 Å². The Balaban J connectivity index is 1.63. The van der Waals surface area contributed by atoms with Crippen LogP contribution in [-0.2, 0) is 42.0 Å². The fourth-order valence-corrected chi connectivity index (χ4v) is 3.90. The predicted molar refractivity (Wildman–Crippen MR) is 141 cm³/mol. The number of carbonyl (C=O) groups is 2. The van der Waals surface area contributed by atoms with Crippen LogP contribution in [0.4, 0.5) is 13.6 Å². The van der Waals surface area contributed by atoms with Crippen molar-refractivity contribution in [3.63, 3.8) is 0 Å². The van der Waals surface area contributed by atoms with Gasteiger partial charge in [0, 0.05) is 42.8 Å². The fourth-order valence-electron chi connectivity index (χ4n) is 3.71. The lowest BCUT2D eigenvalue weighted by Crippen LogP contribution is -2.33. The minimum Gasteiger partial charge on any atom is -0.444 e. The van der Waals surface area contributed by atoms with Crippen LogP contribution < -0.4 is 16.2 Å². The molecule has 2 N–H and O–H groups in total. The van der Waals surface area contributed by atoms with Gasteiger partial charge in [0.2, 0.25) is 5.91 Å². The number of nitrogens with zero attached hydrogens (tertiary/aromatic N) is 2. The molecule has 0 bridgehead atoms. The van der Waals surface area contributed by atoms with Crippen LogP contribution in [0.25, 0.3) is 0 Å². The van der Waals surface area contributed by atoms with Crippen LogP contribution in [0.15, 0.2) is 45.9 Å². The van der Waals surface area contributed by atoms with Gasteiger partial charge in [-0.2, -0.15) is 8.78 Å². The summed E-state index contributed by atoms with van der Waals surface area (Å²) in [6.07, 6.45) is -0.598. The zero-order valence-corrected chi connectivity index (χ0v) is 22.9. The molecule has 39 heavy (non-hydrogen) atoms. The van der Waals surface area contributed by atoms with Crippen molar-refractivity contribution in [1.29, 1.82) is 0 Å². The monoisotopic (exact) mass is 564 g/mol. The van der Waals surface area contributed by atoms with Gasteiger partial charge in [0.05, 0.1) is 12.1 Å². The van der Waals surface area contributed by atoms with Gasteiger partial charge < -0.3 is 24.4 Å². The van der Waals surface area contributed by atoms with E-state index >= 15 is 0 Å². The molecule has 0 saturated carbocycles. The molecule has 2 amide bonds. The molecule has 3 rings (SSSR count). The van der Waals surface area contributed by atoms with Crippen molar-refractivity contribution in [3.05, 3.63) is 85.9 Å². The summed E-state index contributed by atoms with van der Waals surface area (Å²) in [5.41, 5.74) is 1.72. The fraction of sp³-hybridized carbons (Fsp3) is 0.407. The SMILES string of the molecule is Cc1ccn(CCc2coc(C(F)F)n2)c(=O)c1CC(=O)NCc1cc(Cl)ccc1CNC(=O)OC(C)(C)C. The van der Waals surface area contributed by atoms with E-state index in [0.717, 1.165) is 11.8 Å². The normalized spacial score (nSPS) is 11.5. The number of benzene rings is 1. The van der Waals surface area contributed by atoms with Crippen molar-refractivity contribution in [2.75, 3.05) is 0 Å². The number of alkyl halides is 2. The lowest BCUT2D eigenvalue weighted by atomic mass is 10.1. The number of halogens is 3. The second-order valence-corrected chi connectivity index (χ2v) is 10.4. The van der Waals surface area contributed by atoms with Gasteiger partial charge in [0.15, 0.2) is 0 Å². The molecule has 0 aliphatic rings. The molecular formula is C27H31ClF2N4O5.